The van der Waals surface area contributed by atoms with Crippen LogP contribution < -0.4 is 18.9 Å². The van der Waals surface area contributed by atoms with E-state index < -0.39 is 27.0 Å². The second kappa shape index (κ2) is 4.03. The molecule has 1 aromatic carbocycles. The van der Waals surface area contributed by atoms with Gasteiger partial charge in [-0.25, -0.2) is 18.0 Å². The van der Waals surface area contributed by atoms with Crippen LogP contribution in [0.5, 0.6) is 0 Å². The zero-order valence-electron chi connectivity index (χ0n) is 8.09. The van der Waals surface area contributed by atoms with Crippen molar-refractivity contribution in [2.45, 2.75) is 4.90 Å². The van der Waals surface area contributed by atoms with Gasteiger partial charge in [0.25, 0.3) is 0 Å². The van der Waals surface area contributed by atoms with E-state index >= 15 is 0 Å². The molecule has 0 unspecified atom stereocenters. The molecular weight excluding hydrogens is 231 g/mol. The van der Waals surface area contributed by atoms with Gasteiger partial charge in [0.1, 0.15) is 10.1 Å². The molecule has 0 atom stereocenters. The van der Waals surface area contributed by atoms with Gasteiger partial charge in [-0.3, -0.25) is 0 Å². The van der Waals surface area contributed by atoms with Crippen LogP contribution in [-0.4, -0.2) is 24.9 Å². The molecule has 78 valence electrons. The topological polar surface area (TPSA) is 101 Å². The predicted molar refractivity (Wildman–Crippen MR) is 44.2 cm³/mol. The Morgan fingerprint density at radius 3 is 2.19 bits per heavy atom. The van der Waals surface area contributed by atoms with Crippen LogP contribution in [-0.2, 0) is 14.9 Å². The fourth-order valence-electron chi connectivity index (χ4n) is 1.22. The van der Waals surface area contributed by atoms with Crippen molar-refractivity contribution in [3.8, 4) is 0 Å². The van der Waals surface area contributed by atoms with Gasteiger partial charge in [-0.15, -0.1) is 0 Å². The van der Waals surface area contributed by atoms with Crippen LogP contribution in [0.1, 0.15) is 20.7 Å². The van der Waals surface area contributed by atoms with Crippen LogP contribution >= 0.6 is 0 Å². The van der Waals surface area contributed by atoms with Crippen molar-refractivity contribution in [1.29, 1.82) is 0 Å². The third kappa shape index (κ3) is 2.03. The number of ether oxygens (including phenoxy) is 1. The Labute approximate surface area is 103 Å². The smallest absolute Gasteiger partial charge is 0.744 e. The summed E-state index contributed by atoms with van der Waals surface area (Å²) in [5.74, 6) is -1.79. The molecular formula is C8H3LiO6S. The van der Waals surface area contributed by atoms with E-state index in [0.29, 0.717) is 0 Å². The third-order valence-corrected chi connectivity index (χ3v) is 2.74. The van der Waals surface area contributed by atoms with Crippen LogP contribution in [0.3, 0.4) is 0 Å². The van der Waals surface area contributed by atoms with Crippen molar-refractivity contribution in [1.82, 2.24) is 0 Å². The van der Waals surface area contributed by atoms with Gasteiger partial charge >= 0.3 is 30.8 Å². The van der Waals surface area contributed by atoms with E-state index in [2.05, 4.69) is 4.74 Å². The third-order valence-electron chi connectivity index (χ3n) is 1.90. The van der Waals surface area contributed by atoms with E-state index in [1.807, 2.05) is 0 Å². The largest absolute Gasteiger partial charge is 1.00 e. The maximum Gasteiger partial charge on any atom is 1.00 e. The first-order valence-corrected chi connectivity index (χ1v) is 5.17. The van der Waals surface area contributed by atoms with Crippen LogP contribution in [0.2, 0.25) is 0 Å². The number of hydrogen-bond acceptors (Lipinski definition) is 6. The first-order valence-electron chi connectivity index (χ1n) is 3.76. The van der Waals surface area contributed by atoms with Gasteiger partial charge in [-0.2, -0.15) is 0 Å². The Hall–Kier alpha value is -1.13. The fourth-order valence-corrected chi connectivity index (χ4v) is 1.72. The van der Waals surface area contributed by atoms with Gasteiger partial charge in [-0.05, 0) is 18.2 Å². The van der Waals surface area contributed by atoms with Crippen molar-refractivity contribution in [2.24, 2.45) is 0 Å². The second-order valence-electron chi connectivity index (χ2n) is 2.84. The Balaban J connectivity index is 0.00000128. The van der Waals surface area contributed by atoms with Crippen LogP contribution in [0.15, 0.2) is 23.1 Å². The van der Waals surface area contributed by atoms with Crippen molar-refractivity contribution in [3.05, 3.63) is 29.3 Å². The number of carbonyl (C=O) groups excluding carboxylic acids is 2. The van der Waals surface area contributed by atoms with Crippen LogP contribution in [0.4, 0.5) is 0 Å². The zero-order valence-corrected chi connectivity index (χ0v) is 8.91. The molecule has 1 heterocycles. The van der Waals surface area contributed by atoms with Crippen molar-refractivity contribution in [2.75, 3.05) is 0 Å². The molecule has 8 heteroatoms. The summed E-state index contributed by atoms with van der Waals surface area (Å²) in [7, 11) is -4.63. The number of carbonyl (C=O) groups is 2. The first-order chi connectivity index (χ1) is 6.89. The van der Waals surface area contributed by atoms with E-state index in [4.69, 9.17) is 0 Å². The van der Waals surface area contributed by atoms with Gasteiger partial charge in [0.05, 0.1) is 16.0 Å². The Morgan fingerprint density at radius 1 is 1.06 bits per heavy atom. The number of cyclic esters (lactones) is 2. The molecule has 0 spiro atoms. The van der Waals surface area contributed by atoms with Crippen molar-refractivity contribution < 1.29 is 46.2 Å². The summed E-state index contributed by atoms with van der Waals surface area (Å²) >= 11 is 0. The molecule has 16 heavy (non-hydrogen) atoms. The molecule has 0 amide bonds. The number of esters is 2. The quantitative estimate of drug-likeness (QED) is 0.221. The Morgan fingerprint density at radius 2 is 1.62 bits per heavy atom. The summed E-state index contributed by atoms with van der Waals surface area (Å²) in [6, 6.07) is 2.87. The van der Waals surface area contributed by atoms with Crippen LogP contribution in [0.25, 0.3) is 0 Å². The average molecular weight is 234 g/mol. The molecule has 0 saturated carbocycles. The van der Waals surface area contributed by atoms with Gasteiger partial charge in [0.2, 0.25) is 0 Å². The van der Waals surface area contributed by atoms with Gasteiger partial charge in [0, 0.05) is 0 Å². The van der Waals surface area contributed by atoms with Gasteiger partial charge < -0.3 is 9.29 Å². The fraction of sp³-hybridized carbons (Fsp3) is 0. The summed E-state index contributed by atoms with van der Waals surface area (Å²) in [4.78, 5) is 21.4. The maximum atomic E-state index is 11.0. The number of rotatable bonds is 1. The van der Waals surface area contributed by atoms with E-state index in [0.717, 1.165) is 18.2 Å². The SMILES string of the molecule is O=C1OC(=O)c2cc(S(=O)(=O)[O-])ccc21.[Li+]. The first kappa shape index (κ1) is 12.9. The van der Waals surface area contributed by atoms with Crippen molar-refractivity contribution in [3.63, 3.8) is 0 Å². The van der Waals surface area contributed by atoms with Crippen LogP contribution in [0, 0.1) is 0 Å². The molecule has 0 bridgehead atoms. The summed E-state index contributed by atoms with van der Waals surface area (Å²) in [6.45, 7) is 0. The summed E-state index contributed by atoms with van der Waals surface area (Å²) in [5, 5.41) is 0. The van der Waals surface area contributed by atoms with E-state index in [1.165, 1.54) is 0 Å². The minimum atomic E-state index is -4.63. The summed E-state index contributed by atoms with van der Waals surface area (Å²) < 4.78 is 36.1. The van der Waals surface area contributed by atoms with Gasteiger partial charge in [0.15, 0.2) is 0 Å². The molecule has 0 aliphatic carbocycles. The standard InChI is InChI=1S/C8H4O6S.Li/c9-7-5-2-1-4(15(11,12)13)3-6(5)8(10)14-7;/h1-3H,(H,11,12,13);/q;+1/p-1. The van der Waals surface area contributed by atoms with E-state index in [9.17, 15) is 22.6 Å². The Bertz CT molecular complexity index is 576. The Kier molecular flexibility index (Phi) is 3.26. The maximum absolute atomic E-state index is 11.0. The summed E-state index contributed by atoms with van der Waals surface area (Å²) in [6.07, 6.45) is 0. The molecule has 1 aliphatic rings. The molecule has 0 aromatic heterocycles. The average Bonchev–Trinajstić information content (AvgIpc) is 2.41. The second-order valence-corrected chi connectivity index (χ2v) is 4.22. The summed E-state index contributed by atoms with van der Waals surface area (Å²) in [5.41, 5.74) is -0.232. The molecule has 0 N–H and O–H groups in total. The molecule has 0 fully saturated rings. The predicted octanol–water partition coefficient (Wildman–Crippen LogP) is -3.09. The number of fused-ring (bicyclic) bond motifs is 1. The normalized spacial score (nSPS) is 14.1. The molecule has 2 rings (SSSR count). The minimum Gasteiger partial charge on any atom is -0.744 e. The zero-order chi connectivity index (χ0) is 11.2. The van der Waals surface area contributed by atoms with E-state index in [1.54, 1.807) is 0 Å². The number of benzene rings is 1. The van der Waals surface area contributed by atoms with E-state index in [-0.39, 0.29) is 30.0 Å². The molecule has 6 nitrogen and oxygen atoms in total. The molecule has 0 saturated heterocycles. The van der Waals surface area contributed by atoms with Crippen molar-refractivity contribution >= 4 is 22.1 Å². The molecule has 1 aliphatic heterocycles. The molecule has 1 aromatic rings. The van der Waals surface area contributed by atoms with Gasteiger partial charge in [-0.1, -0.05) is 0 Å². The monoisotopic (exact) mass is 234 g/mol. The molecule has 0 radical (unpaired) electrons. The minimum absolute atomic E-state index is 0. The number of hydrogen-bond donors (Lipinski definition) is 0.